The third-order valence-electron chi connectivity index (χ3n) is 5.11. The van der Waals surface area contributed by atoms with E-state index in [1.54, 1.807) is 12.1 Å². The molecule has 132 valence electrons. The minimum Gasteiger partial charge on any atom is -0.508 e. The number of hydrogen-bond acceptors (Lipinski definition) is 4. The summed E-state index contributed by atoms with van der Waals surface area (Å²) in [4.78, 5) is 4.96. The van der Waals surface area contributed by atoms with E-state index in [-0.39, 0.29) is 11.9 Å². The summed E-state index contributed by atoms with van der Waals surface area (Å²) in [5.74, 6) is 1.14. The summed E-state index contributed by atoms with van der Waals surface area (Å²) in [5.41, 5.74) is 2.52. The average Bonchev–Trinajstić information content (AvgIpc) is 2.63. The molecule has 2 heterocycles. The van der Waals surface area contributed by atoms with Crippen LogP contribution in [0.5, 0.6) is 11.5 Å². The lowest BCUT2D eigenvalue weighted by Gasteiger charge is -2.38. The quantitative estimate of drug-likeness (QED) is 0.727. The number of benzene rings is 2. The van der Waals surface area contributed by atoms with Crippen LogP contribution in [-0.4, -0.2) is 48.8 Å². The summed E-state index contributed by atoms with van der Waals surface area (Å²) in [5, 5.41) is 9.65. The Hall–Kier alpha value is -1.47. The van der Waals surface area contributed by atoms with E-state index in [0.717, 1.165) is 51.3 Å². The van der Waals surface area contributed by atoms with Gasteiger partial charge in [-0.15, -0.1) is 0 Å². The molecule has 0 radical (unpaired) electrons. The van der Waals surface area contributed by atoms with Crippen LogP contribution in [0.2, 0.25) is 0 Å². The molecule has 0 aliphatic carbocycles. The van der Waals surface area contributed by atoms with Crippen molar-refractivity contribution in [2.75, 3.05) is 37.6 Å². The number of ether oxygens (including phenoxy) is 1. The first-order valence-corrected chi connectivity index (χ1v) is 9.97. The topological polar surface area (TPSA) is 35.9 Å². The largest absolute Gasteiger partial charge is 0.508 e. The van der Waals surface area contributed by atoms with Crippen LogP contribution in [0, 0.1) is 3.57 Å². The van der Waals surface area contributed by atoms with Crippen molar-refractivity contribution in [2.24, 2.45) is 0 Å². The molecule has 2 aliphatic heterocycles. The zero-order chi connectivity index (χ0) is 17.2. The van der Waals surface area contributed by atoms with Gasteiger partial charge in [0.15, 0.2) is 0 Å². The minimum atomic E-state index is 0.221. The van der Waals surface area contributed by atoms with E-state index in [0.29, 0.717) is 0 Å². The van der Waals surface area contributed by atoms with Crippen molar-refractivity contribution in [1.29, 1.82) is 0 Å². The molecule has 0 unspecified atom stereocenters. The van der Waals surface area contributed by atoms with Crippen LogP contribution in [0.25, 0.3) is 0 Å². The lowest BCUT2D eigenvalue weighted by molar-refractivity contribution is 0.110. The van der Waals surface area contributed by atoms with Gasteiger partial charge in [0, 0.05) is 48.0 Å². The third kappa shape index (κ3) is 4.03. The van der Waals surface area contributed by atoms with E-state index in [2.05, 4.69) is 56.7 Å². The summed E-state index contributed by atoms with van der Waals surface area (Å²) in [6.45, 7) is 5.22. The molecular formula is C20H23IN2O2. The Balaban J connectivity index is 1.31. The predicted molar refractivity (Wildman–Crippen MR) is 109 cm³/mol. The monoisotopic (exact) mass is 450 g/mol. The van der Waals surface area contributed by atoms with Gasteiger partial charge in [-0.05, 0) is 71.3 Å². The normalized spacial score (nSPS) is 20.8. The number of phenols is 1. The highest BCUT2D eigenvalue weighted by molar-refractivity contribution is 14.1. The van der Waals surface area contributed by atoms with E-state index in [4.69, 9.17) is 4.74 Å². The zero-order valence-electron chi connectivity index (χ0n) is 14.2. The van der Waals surface area contributed by atoms with E-state index in [9.17, 15) is 5.11 Å². The van der Waals surface area contributed by atoms with Crippen molar-refractivity contribution < 1.29 is 9.84 Å². The Bertz CT molecular complexity index is 727. The van der Waals surface area contributed by atoms with Crippen LogP contribution in [0.3, 0.4) is 0 Å². The van der Waals surface area contributed by atoms with Gasteiger partial charge in [0.2, 0.25) is 0 Å². The van der Waals surface area contributed by atoms with Crippen LogP contribution >= 0.6 is 22.6 Å². The van der Waals surface area contributed by atoms with Gasteiger partial charge in [-0.3, -0.25) is 4.90 Å². The molecule has 2 aliphatic rings. The van der Waals surface area contributed by atoms with Crippen LogP contribution in [-0.2, 0) is 6.42 Å². The van der Waals surface area contributed by atoms with E-state index < -0.39 is 0 Å². The molecule has 5 heteroatoms. The molecule has 0 amide bonds. The second-order valence-corrected chi connectivity index (χ2v) is 8.08. The summed E-state index contributed by atoms with van der Waals surface area (Å²) in [7, 11) is 0. The SMILES string of the molecule is Oc1ccc2c(c1)O[C@@H](CN1CCN(c3ccc(I)cc3)CC1)CC2. The molecule has 1 fully saturated rings. The van der Waals surface area contributed by atoms with Gasteiger partial charge in [-0.2, -0.15) is 0 Å². The summed E-state index contributed by atoms with van der Waals surface area (Å²) in [6.07, 6.45) is 2.30. The van der Waals surface area contributed by atoms with E-state index in [1.165, 1.54) is 14.8 Å². The Morgan fingerprint density at radius 3 is 2.56 bits per heavy atom. The number of halogens is 1. The molecule has 0 spiro atoms. The molecule has 25 heavy (non-hydrogen) atoms. The first-order valence-electron chi connectivity index (χ1n) is 8.89. The fourth-order valence-electron chi connectivity index (χ4n) is 3.67. The standard InChI is InChI=1S/C20H23IN2O2/c21-16-3-5-17(6-4-16)23-11-9-22(10-12-23)14-19-8-2-15-1-7-18(24)13-20(15)25-19/h1,3-7,13,19,24H,2,8-12,14H2/t19-/m1/s1. The van der Waals surface area contributed by atoms with Gasteiger partial charge >= 0.3 is 0 Å². The molecule has 0 bridgehead atoms. The van der Waals surface area contributed by atoms with Gasteiger partial charge < -0.3 is 14.7 Å². The highest BCUT2D eigenvalue weighted by Crippen LogP contribution is 2.31. The maximum Gasteiger partial charge on any atom is 0.126 e. The molecule has 4 nitrogen and oxygen atoms in total. The number of aromatic hydroxyl groups is 1. The maximum atomic E-state index is 9.65. The van der Waals surface area contributed by atoms with Gasteiger partial charge in [0.1, 0.15) is 17.6 Å². The lowest BCUT2D eigenvalue weighted by atomic mass is 10.0. The lowest BCUT2D eigenvalue weighted by Crippen LogP contribution is -2.49. The predicted octanol–water partition coefficient (Wildman–Crippen LogP) is 3.51. The summed E-state index contributed by atoms with van der Waals surface area (Å²) < 4.78 is 7.40. The zero-order valence-corrected chi connectivity index (χ0v) is 16.4. The van der Waals surface area contributed by atoms with Crippen LogP contribution < -0.4 is 9.64 Å². The number of rotatable bonds is 3. The van der Waals surface area contributed by atoms with Crippen LogP contribution in [0.4, 0.5) is 5.69 Å². The van der Waals surface area contributed by atoms with Crippen molar-refractivity contribution >= 4 is 28.3 Å². The van der Waals surface area contributed by atoms with Crippen LogP contribution in [0.1, 0.15) is 12.0 Å². The Morgan fingerprint density at radius 1 is 1.04 bits per heavy atom. The molecule has 2 aromatic rings. The molecule has 4 rings (SSSR count). The first kappa shape index (κ1) is 17.0. The van der Waals surface area contributed by atoms with E-state index >= 15 is 0 Å². The van der Waals surface area contributed by atoms with Crippen molar-refractivity contribution in [1.82, 2.24) is 4.90 Å². The number of anilines is 1. The molecule has 1 atom stereocenters. The molecule has 2 aromatic carbocycles. The Kier molecular flexibility index (Phi) is 5.03. The van der Waals surface area contributed by atoms with Gasteiger partial charge in [-0.25, -0.2) is 0 Å². The second-order valence-electron chi connectivity index (χ2n) is 6.83. The van der Waals surface area contributed by atoms with E-state index in [1.807, 2.05) is 6.07 Å². The van der Waals surface area contributed by atoms with Crippen molar-refractivity contribution in [3.8, 4) is 11.5 Å². The number of nitrogens with zero attached hydrogens (tertiary/aromatic N) is 2. The highest BCUT2D eigenvalue weighted by Gasteiger charge is 2.25. The Labute approximate surface area is 162 Å². The van der Waals surface area contributed by atoms with Crippen molar-refractivity contribution in [2.45, 2.75) is 18.9 Å². The molecule has 0 aromatic heterocycles. The summed E-state index contributed by atoms with van der Waals surface area (Å²) >= 11 is 2.35. The van der Waals surface area contributed by atoms with Crippen molar-refractivity contribution in [3.05, 3.63) is 51.6 Å². The fourth-order valence-corrected chi connectivity index (χ4v) is 4.03. The first-order chi connectivity index (χ1) is 12.2. The number of hydrogen-bond donors (Lipinski definition) is 1. The number of aryl methyl sites for hydroxylation is 1. The third-order valence-corrected chi connectivity index (χ3v) is 5.83. The highest BCUT2D eigenvalue weighted by atomic mass is 127. The molecule has 1 saturated heterocycles. The maximum absolute atomic E-state index is 9.65. The van der Waals surface area contributed by atoms with Gasteiger partial charge in [0.05, 0.1) is 0 Å². The van der Waals surface area contributed by atoms with Crippen molar-refractivity contribution in [3.63, 3.8) is 0 Å². The second kappa shape index (κ2) is 7.41. The number of piperazine rings is 1. The van der Waals surface area contributed by atoms with Gasteiger partial charge in [0.25, 0.3) is 0 Å². The smallest absolute Gasteiger partial charge is 0.126 e. The average molecular weight is 450 g/mol. The fraction of sp³-hybridized carbons (Fsp3) is 0.400. The molecule has 1 N–H and O–H groups in total. The number of fused-ring (bicyclic) bond motifs is 1. The van der Waals surface area contributed by atoms with Crippen LogP contribution in [0.15, 0.2) is 42.5 Å². The Morgan fingerprint density at radius 2 is 1.80 bits per heavy atom. The molecule has 0 saturated carbocycles. The number of phenolic OH excluding ortho intramolecular Hbond substituents is 1. The van der Waals surface area contributed by atoms with Gasteiger partial charge in [-0.1, -0.05) is 6.07 Å². The summed E-state index contributed by atoms with van der Waals surface area (Å²) in [6, 6.07) is 14.2. The minimum absolute atomic E-state index is 0.221. The molecular weight excluding hydrogens is 427 g/mol.